The minimum absolute atomic E-state index is 0.00528. The van der Waals surface area contributed by atoms with E-state index in [1.165, 1.54) is 0 Å². The Balaban J connectivity index is 2.52. The number of non-ortho nitro benzene ring substituents is 1. The van der Waals surface area contributed by atoms with Gasteiger partial charge in [-0.15, -0.1) is 0 Å². The quantitative estimate of drug-likeness (QED) is 0.652. The Morgan fingerprint density at radius 1 is 1.55 bits per heavy atom. The summed E-state index contributed by atoms with van der Waals surface area (Å²) >= 11 is 6.00. The number of halogens is 1. The summed E-state index contributed by atoms with van der Waals surface area (Å²) in [6.45, 7) is 2.31. The minimum atomic E-state index is -1.29. The van der Waals surface area contributed by atoms with E-state index in [-0.39, 0.29) is 28.5 Å². The molecule has 1 aliphatic rings. The molecule has 1 fully saturated rings. The van der Waals surface area contributed by atoms with Crippen LogP contribution >= 0.6 is 11.6 Å². The highest BCUT2D eigenvalue weighted by Crippen LogP contribution is 2.37. The number of aliphatic hydroxyl groups is 1. The van der Waals surface area contributed by atoms with Gasteiger partial charge >= 0.3 is 5.97 Å². The van der Waals surface area contributed by atoms with Gasteiger partial charge in [-0.05, 0) is 13.3 Å². The molecule has 0 amide bonds. The first-order valence-corrected chi connectivity index (χ1v) is 6.27. The Hall–Kier alpha value is -1.86. The molecule has 1 saturated heterocycles. The number of hydrogen-bond acceptors (Lipinski definition) is 5. The van der Waals surface area contributed by atoms with Gasteiger partial charge in [-0.3, -0.25) is 10.1 Å². The molecular weight excluding hydrogens is 288 g/mol. The third-order valence-corrected chi connectivity index (χ3v) is 3.55. The molecule has 0 bridgehead atoms. The Labute approximate surface area is 119 Å². The maximum Gasteiger partial charge on any atom is 0.338 e. The van der Waals surface area contributed by atoms with Crippen LogP contribution in [0.4, 0.5) is 11.4 Å². The molecule has 0 saturated carbocycles. The van der Waals surface area contributed by atoms with Crippen LogP contribution in [0.15, 0.2) is 12.1 Å². The first-order chi connectivity index (χ1) is 9.21. The van der Waals surface area contributed by atoms with Crippen molar-refractivity contribution >= 4 is 28.9 Å². The van der Waals surface area contributed by atoms with Crippen LogP contribution in [0.3, 0.4) is 0 Å². The first kappa shape index (κ1) is 14.5. The van der Waals surface area contributed by atoms with Crippen LogP contribution in [0, 0.1) is 10.1 Å². The lowest BCUT2D eigenvalue weighted by atomic mass is 10.1. The van der Waals surface area contributed by atoms with Crippen LogP contribution in [0.25, 0.3) is 0 Å². The van der Waals surface area contributed by atoms with E-state index in [2.05, 4.69) is 0 Å². The van der Waals surface area contributed by atoms with E-state index in [1.54, 1.807) is 11.8 Å². The minimum Gasteiger partial charge on any atom is -0.478 e. The van der Waals surface area contributed by atoms with Gasteiger partial charge < -0.3 is 15.1 Å². The Kier molecular flexibility index (Phi) is 3.58. The summed E-state index contributed by atoms with van der Waals surface area (Å²) in [4.78, 5) is 23.0. The second kappa shape index (κ2) is 4.92. The number of rotatable bonds is 3. The van der Waals surface area contributed by atoms with E-state index < -0.39 is 16.5 Å². The molecule has 1 aliphatic heterocycles. The molecule has 1 heterocycles. The fourth-order valence-corrected chi connectivity index (χ4v) is 2.64. The highest BCUT2D eigenvalue weighted by Gasteiger charge is 2.35. The summed E-state index contributed by atoms with van der Waals surface area (Å²) in [6, 6.07) is 2.10. The average Bonchev–Trinajstić information content (AvgIpc) is 2.67. The van der Waals surface area contributed by atoms with Crippen molar-refractivity contribution in [2.24, 2.45) is 0 Å². The number of aromatic carboxylic acids is 1. The molecule has 1 aromatic rings. The van der Waals surface area contributed by atoms with E-state index in [9.17, 15) is 25.1 Å². The molecule has 2 N–H and O–H groups in total. The second-order valence-electron chi connectivity index (χ2n) is 5.05. The lowest BCUT2D eigenvalue weighted by molar-refractivity contribution is -0.384. The Morgan fingerprint density at radius 3 is 2.65 bits per heavy atom. The largest absolute Gasteiger partial charge is 0.478 e. The molecule has 0 aliphatic carbocycles. The number of nitro groups is 1. The number of carboxylic acid groups (broad SMARTS) is 1. The van der Waals surface area contributed by atoms with E-state index in [0.29, 0.717) is 13.0 Å². The molecule has 1 aromatic carbocycles. The summed E-state index contributed by atoms with van der Waals surface area (Å²) in [6.07, 6.45) is 0.472. The third kappa shape index (κ3) is 2.68. The number of β-amino-alcohol motifs (C(OH)–C–C–N with tert-alkyl or cyclic N) is 1. The topological polar surface area (TPSA) is 104 Å². The molecule has 7 nitrogen and oxygen atoms in total. The van der Waals surface area contributed by atoms with Crippen molar-refractivity contribution in [3.8, 4) is 0 Å². The lowest BCUT2D eigenvalue weighted by Gasteiger charge is -2.23. The monoisotopic (exact) mass is 300 g/mol. The standard InChI is InChI=1S/C12H13ClN2O5/c1-12(18)2-3-14(6-12)10-8(11(16)17)4-7(15(19)20)5-9(10)13/h4-5,18H,2-3,6H2,1H3,(H,16,17). The molecule has 1 atom stereocenters. The summed E-state index contributed by atoms with van der Waals surface area (Å²) in [7, 11) is 0. The van der Waals surface area contributed by atoms with Crippen molar-refractivity contribution in [1.29, 1.82) is 0 Å². The van der Waals surface area contributed by atoms with Gasteiger partial charge in [-0.2, -0.15) is 0 Å². The predicted molar refractivity (Wildman–Crippen MR) is 72.5 cm³/mol. The smallest absolute Gasteiger partial charge is 0.338 e. The van der Waals surface area contributed by atoms with Gasteiger partial charge in [0.25, 0.3) is 5.69 Å². The Bertz CT molecular complexity index is 587. The van der Waals surface area contributed by atoms with Gasteiger partial charge in [0.1, 0.15) is 0 Å². The van der Waals surface area contributed by atoms with Crippen LogP contribution in [0.5, 0.6) is 0 Å². The van der Waals surface area contributed by atoms with E-state index in [4.69, 9.17) is 11.6 Å². The van der Waals surface area contributed by atoms with E-state index >= 15 is 0 Å². The van der Waals surface area contributed by atoms with Gasteiger partial charge in [-0.1, -0.05) is 11.6 Å². The van der Waals surface area contributed by atoms with Crippen LogP contribution in [0.1, 0.15) is 23.7 Å². The first-order valence-electron chi connectivity index (χ1n) is 5.90. The van der Waals surface area contributed by atoms with Crippen LogP contribution < -0.4 is 4.90 Å². The number of nitro benzene ring substituents is 1. The number of carboxylic acids is 1. The average molecular weight is 301 g/mol. The van der Waals surface area contributed by atoms with Crippen molar-refractivity contribution in [2.45, 2.75) is 18.9 Å². The van der Waals surface area contributed by atoms with Gasteiger partial charge in [0.15, 0.2) is 0 Å². The summed E-state index contributed by atoms with van der Waals surface area (Å²) < 4.78 is 0. The Morgan fingerprint density at radius 2 is 2.20 bits per heavy atom. The predicted octanol–water partition coefficient (Wildman–Crippen LogP) is 1.91. The van der Waals surface area contributed by atoms with Gasteiger partial charge in [0, 0.05) is 25.2 Å². The van der Waals surface area contributed by atoms with Crippen LogP contribution in [0.2, 0.25) is 5.02 Å². The van der Waals surface area contributed by atoms with Crippen LogP contribution in [-0.2, 0) is 0 Å². The maximum absolute atomic E-state index is 11.3. The summed E-state index contributed by atoms with van der Waals surface area (Å²) in [5.41, 5.74) is -1.33. The fraction of sp³-hybridized carbons (Fsp3) is 0.417. The van der Waals surface area contributed by atoms with Crippen molar-refractivity contribution in [3.63, 3.8) is 0 Å². The zero-order valence-electron chi connectivity index (χ0n) is 10.7. The third-order valence-electron chi connectivity index (χ3n) is 3.26. The highest BCUT2D eigenvalue weighted by molar-refractivity contribution is 6.34. The normalized spacial score (nSPS) is 22.1. The molecule has 0 spiro atoms. The van der Waals surface area contributed by atoms with Crippen molar-refractivity contribution in [3.05, 3.63) is 32.8 Å². The fourth-order valence-electron chi connectivity index (χ4n) is 2.31. The van der Waals surface area contributed by atoms with E-state index in [0.717, 1.165) is 12.1 Å². The second-order valence-corrected chi connectivity index (χ2v) is 5.46. The van der Waals surface area contributed by atoms with Crippen molar-refractivity contribution in [1.82, 2.24) is 0 Å². The highest BCUT2D eigenvalue weighted by atomic mass is 35.5. The zero-order valence-corrected chi connectivity index (χ0v) is 11.4. The number of benzene rings is 1. The SMILES string of the molecule is CC1(O)CCN(c2c(Cl)cc([N+](=O)[O-])cc2C(=O)O)C1. The molecule has 20 heavy (non-hydrogen) atoms. The lowest BCUT2D eigenvalue weighted by Crippen LogP contribution is -2.30. The van der Waals surface area contributed by atoms with Gasteiger partial charge in [0.2, 0.25) is 0 Å². The van der Waals surface area contributed by atoms with E-state index in [1.807, 2.05) is 0 Å². The molecular formula is C12H13ClN2O5. The van der Waals surface area contributed by atoms with Gasteiger partial charge in [-0.25, -0.2) is 4.79 Å². The van der Waals surface area contributed by atoms with Crippen molar-refractivity contribution in [2.75, 3.05) is 18.0 Å². The molecule has 2 rings (SSSR count). The number of anilines is 1. The molecule has 8 heteroatoms. The van der Waals surface area contributed by atoms with Crippen molar-refractivity contribution < 1.29 is 19.9 Å². The summed E-state index contributed by atoms with van der Waals surface area (Å²) in [5, 5.41) is 29.9. The van der Waals surface area contributed by atoms with Crippen LogP contribution in [-0.4, -0.2) is 39.8 Å². The number of hydrogen-bond donors (Lipinski definition) is 2. The van der Waals surface area contributed by atoms with Gasteiger partial charge in [0.05, 0.1) is 26.8 Å². The molecule has 0 aromatic heterocycles. The summed E-state index contributed by atoms with van der Waals surface area (Å²) in [5.74, 6) is -1.29. The maximum atomic E-state index is 11.3. The molecule has 108 valence electrons. The molecule has 1 unspecified atom stereocenters. The zero-order chi connectivity index (χ0) is 15.1. The number of nitrogens with zero attached hydrogens (tertiary/aromatic N) is 2. The molecule has 0 radical (unpaired) electrons. The number of carbonyl (C=O) groups is 1.